The number of hydrogen-bond acceptors (Lipinski definition) is 2. The van der Waals surface area contributed by atoms with Crippen molar-refractivity contribution in [2.75, 3.05) is 19.7 Å². The van der Waals surface area contributed by atoms with Gasteiger partial charge in [-0.1, -0.05) is 6.07 Å². The van der Waals surface area contributed by atoms with Crippen molar-refractivity contribution in [1.82, 2.24) is 10.2 Å². The van der Waals surface area contributed by atoms with Gasteiger partial charge < -0.3 is 15.3 Å². The van der Waals surface area contributed by atoms with E-state index in [0.717, 1.165) is 25.0 Å². The van der Waals surface area contributed by atoms with E-state index in [1.54, 1.807) is 11.8 Å². The maximum absolute atomic E-state index is 13.2. The van der Waals surface area contributed by atoms with E-state index in [1.807, 2.05) is 0 Å². The molecule has 0 aliphatic carbocycles. The molecule has 0 bridgehead atoms. The van der Waals surface area contributed by atoms with Crippen LogP contribution in [0.3, 0.4) is 0 Å². The smallest absolute Gasteiger partial charge is 0.317 e. The molecule has 1 fully saturated rings. The van der Waals surface area contributed by atoms with Crippen LogP contribution in [0.5, 0.6) is 0 Å². The number of aliphatic hydroxyl groups excluding tert-OH is 1. The van der Waals surface area contributed by atoms with E-state index >= 15 is 0 Å². The van der Waals surface area contributed by atoms with Gasteiger partial charge in [-0.2, -0.15) is 0 Å². The summed E-state index contributed by atoms with van der Waals surface area (Å²) in [4.78, 5) is 13.8. The first kappa shape index (κ1) is 15.7. The van der Waals surface area contributed by atoms with Crippen molar-refractivity contribution in [2.24, 2.45) is 5.92 Å². The number of likely N-dealkylation sites (tertiary alicyclic amines) is 1. The second kappa shape index (κ2) is 6.85. The van der Waals surface area contributed by atoms with Gasteiger partial charge in [-0.05, 0) is 43.4 Å². The molecule has 1 aliphatic rings. The van der Waals surface area contributed by atoms with Crippen LogP contribution < -0.4 is 5.32 Å². The number of halogens is 2. The predicted molar refractivity (Wildman–Crippen MR) is 74.7 cm³/mol. The predicted octanol–water partition coefficient (Wildman–Crippen LogP) is 2.44. The molecular formula is C15H20F2N2O2. The van der Waals surface area contributed by atoms with Crippen LogP contribution in [0.1, 0.15) is 31.4 Å². The summed E-state index contributed by atoms with van der Waals surface area (Å²) in [6.45, 7) is 2.96. The van der Waals surface area contributed by atoms with Gasteiger partial charge in [0.1, 0.15) is 0 Å². The number of nitrogens with one attached hydrogen (secondary N) is 1. The summed E-state index contributed by atoms with van der Waals surface area (Å²) in [5.41, 5.74) is 0.512. The monoisotopic (exact) mass is 298 g/mol. The lowest BCUT2D eigenvalue weighted by molar-refractivity contribution is 0.128. The molecule has 0 radical (unpaired) electrons. The zero-order chi connectivity index (χ0) is 15.4. The van der Waals surface area contributed by atoms with E-state index in [0.29, 0.717) is 18.7 Å². The molecule has 116 valence electrons. The maximum Gasteiger partial charge on any atom is 0.317 e. The highest BCUT2D eigenvalue weighted by Crippen LogP contribution is 2.19. The third-order valence-corrected chi connectivity index (χ3v) is 3.85. The Hall–Kier alpha value is -1.69. The second-order valence-corrected chi connectivity index (χ2v) is 5.48. The number of amides is 2. The summed E-state index contributed by atoms with van der Waals surface area (Å²) < 4.78 is 26.1. The first-order valence-electron chi connectivity index (χ1n) is 7.12. The largest absolute Gasteiger partial charge is 0.396 e. The molecule has 0 aromatic heterocycles. The fraction of sp³-hybridized carbons (Fsp3) is 0.533. The summed E-state index contributed by atoms with van der Waals surface area (Å²) in [5.74, 6) is -1.71. The molecule has 0 saturated carbocycles. The van der Waals surface area contributed by atoms with Crippen LogP contribution in [-0.4, -0.2) is 35.7 Å². The van der Waals surface area contributed by atoms with Crippen LogP contribution in [0.15, 0.2) is 18.2 Å². The van der Waals surface area contributed by atoms with Gasteiger partial charge in [-0.3, -0.25) is 0 Å². The first-order chi connectivity index (χ1) is 10.0. The molecular weight excluding hydrogens is 278 g/mol. The minimum atomic E-state index is -0.924. The molecule has 2 unspecified atom stereocenters. The number of aliphatic hydroxyl groups is 1. The summed E-state index contributed by atoms with van der Waals surface area (Å²) in [6.07, 6.45) is 1.78. The second-order valence-electron chi connectivity index (χ2n) is 5.48. The standard InChI is InChI=1S/C15H20F2N2O2/c1-10(12-4-5-13(16)14(17)7-12)18-15(21)19-6-2-3-11(8-19)9-20/h4-5,7,10-11,20H,2-3,6,8-9H2,1H3,(H,18,21). The Morgan fingerprint density at radius 3 is 2.90 bits per heavy atom. The first-order valence-corrected chi connectivity index (χ1v) is 7.12. The van der Waals surface area contributed by atoms with E-state index in [9.17, 15) is 18.7 Å². The van der Waals surface area contributed by atoms with Crippen molar-refractivity contribution in [1.29, 1.82) is 0 Å². The Balaban J connectivity index is 1.96. The Kier molecular flexibility index (Phi) is 5.12. The quantitative estimate of drug-likeness (QED) is 0.900. The minimum Gasteiger partial charge on any atom is -0.396 e. The number of carbonyl (C=O) groups is 1. The topological polar surface area (TPSA) is 52.6 Å². The summed E-state index contributed by atoms with van der Waals surface area (Å²) >= 11 is 0. The lowest BCUT2D eigenvalue weighted by atomic mass is 9.99. The third-order valence-electron chi connectivity index (χ3n) is 3.85. The van der Waals surface area contributed by atoms with E-state index < -0.39 is 17.7 Å². The van der Waals surface area contributed by atoms with Crippen LogP contribution in [0.4, 0.5) is 13.6 Å². The molecule has 4 nitrogen and oxygen atoms in total. The molecule has 0 spiro atoms. The highest BCUT2D eigenvalue weighted by Gasteiger charge is 2.24. The van der Waals surface area contributed by atoms with Gasteiger partial charge in [0.25, 0.3) is 0 Å². The molecule has 6 heteroatoms. The zero-order valence-electron chi connectivity index (χ0n) is 12.0. The number of nitrogens with zero attached hydrogens (tertiary/aromatic N) is 1. The molecule has 1 aromatic carbocycles. The number of hydrogen-bond donors (Lipinski definition) is 2. The average Bonchev–Trinajstić information content (AvgIpc) is 2.49. The Morgan fingerprint density at radius 2 is 2.24 bits per heavy atom. The normalized spacial score (nSPS) is 20.2. The van der Waals surface area contributed by atoms with Crippen molar-refractivity contribution in [2.45, 2.75) is 25.8 Å². The van der Waals surface area contributed by atoms with Crippen molar-refractivity contribution >= 4 is 6.03 Å². The van der Waals surface area contributed by atoms with Gasteiger partial charge in [-0.25, -0.2) is 13.6 Å². The summed E-state index contributed by atoms with van der Waals surface area (Å²) in [7, 11) is 0. The fourth-order valence-corrected chi connectivity index (χ4v) is 2.54. The number of benzene rings is 1. The minimum absolute atomic E-state index is 0.0719. The highest BCUT2D eigenvalue weighted by atomic mass is 19.2. The van der Waals surface area contributed by atoms with E-state index in [2.05, 4.69) is 5.32 Å². The van der Waals surface area contributed by atoms with Crippen molar-refractivity contribution < 1.29 is 18.7 Å². The number of rotatable bonds is 3. The van der Waals surface area contributed by atoms with Gasteiger partial charge in [0.05, 0.1) is 6.04 Å². The van der Waals surface area contributed by atoms with Gasteiger partial charge in [0.2, 0.25) is 0 Å². The number of carbonyl (C=O) groups excluding carboxylic acids is 1. The van der Waals surface area contributed by atoms with E-state index in [1.165, 1.54) is 6.07 Å². The summed E-state index contributed by atoms with van der Waals surface area (Å²) in [6, 6.07) is 2.94. The van der Waals surface area contributed by atoms with E-state index in [4.69, 9.17) is 0 Å². The molecule has 2 N–H and O–H groups in total. The molecule has 2 amide bonds. The van der Waals surface area contributed by atoms with E-state index in [-0.39, 0.29) is 18.6 Å². The SMILES string of the molecule is CC(NC(=O)N1CCCC(CO)C1)c1ccc(F)c(F)c1. The molecule has 2 rings (SSSR count). The van der Waals surface area contributed by atoms with Crippen molar-refractivity contribution in [3.63, 3.8) is 0 Å². The van der Waals surface area contributed by atoms with Gasteiger partial charge in [0.15, 0.2) is 11.6 Å². The Bertz CT molecular complexity index is 510. The lowest BCUT2D eigenvalue weighted by Crippen LogP contribution is -2.46. The van der Waals surface area contributed by atoms with Gasteiger partial charge >= 0.3 is 6.03 Å². The van der Waals surface area contributed by atoms with Crippen LogP contribution >= 0.6 is 0 Å². The zero-order valence-corrected chi connectivity index (χ0v) is 12.0. The Morgan fingerprint density at radius 1 is 1.48 bits per heavy atom. The number of piperidine rings is 1. The molecule has 1 aromatic rings. The van der Waals surface area contributed by atoms with Crippen LogP contribution in [0.25, 0.3) is 0 Å². The lowest BCUT2D eigenvalue weighted by Gasteiger charge is -2.32. The number of urea groups is 1. The maximum atomic E-state index is 13.2. The van der Waals surface area contributed by atoms with Crippen molar-refractivity contribution in [3.8, 4) is 0 Å². The molecule has 1 aliphatic heterocycles. The molecule has 1 saturated heterocycles. The van der Waals surface area contributed by atoms with Gasteiger partial charge in [-0.15, -0.1) is 0 Å². The van der Waals surface area contributed by atoms with Crippen LogP contribution in [0, 0.1) is 17.6 Å². The average molecular weight is 298 g/mol. The molecule has 2 atom stereocenters. The van der Waals surface area contributed by atoms with Crippen molar-refractivity contribution in [3.05, 3.63) is 35.4 Å². The highest BCUT2D eigenvalue weighted by molar-refractivity contribution is 5.74. The molecule has 1 heterocycles. The van der Waals surface area contributed by atoms with Crippen LogP contribution in [0.2, 0.25) is 0 Å². The Labute approximate surface area is 122 Å². The summed E-state index contributed by atoms with van der Waals surface area (Å²) in [5, 5.41) is 11.9. The fourth-order valence-electron chi connectivity index (χ4n) is 2.54. The van der Waals surface area contributed by atoms with Gasteiger partial charge in [0, 0.05) is 19.7 Å². The molecule has 21 heavy (non-hydrogen) atoms. The van der Waals surface area contributed by atoms with Crippen LogP contribution in [-0.2, 0) is 0 Å². The third kappa shape index (κ3) is 3.91.